The number of nitro groups is 1. The number of para-hydroxylation sites is 1. The molecule has 0 aliphatic heterocycles. The molecule has 0 spiro atoms. The molecule has 0 N–H and O–H groups in total. The summed E-state index contributed by atoms with van der Waals surface area (Å²) in [7, 11) is 0. The lowest BCUT2D eigenvalue weighted by Crippen LogP contribution is -1.98. The standard InChI is InChI=1S/C13H7FN2O3/c14-13-10(8-15)12(7-6-11(13)16(17)18)19-9-4-2-1-3-5-9/h1-7H. The van der Waals surface area contributed by atoms with Crippen molar-refractivity contribution < 1.29 is 14.1 Å². The first-order valence-corrected chi connectivity index (χ1v) is 5.23. The van der Waals surface area contributed by atoms with Crippen LogP contribution in [-0.4, -0.2) is 4.92 Å². The topological polar surface area (TPSA) is 76.2 Å². The lowest BCUT2D eigenvalue weighted by molar-refractivity contribution is -0.387. The van der Waals surface area contributed by atoms with Crippen LogP contribution in [0.25, 0.3) is 0 Å². The minimum absolute atomic E-state index is 0.0585. The van der Waals surface area contributed by atoms with Crippen LogP contribution in [0.1, 0.15) is 5.56 Å². The van der Waals surface area contributed by atoms with E-state index in [0.717, 1.165) is 6.07 Å². The molecule has 0 fully saturated rings. The number of hydrogen-bond donors (Lipinski definition) is 0. The SMILES string of the molecule is N#Cc1c(Oc2ccccc2)ccc([N+](=O)[O-])c1F. The van der Waals surface area contributed by atoms with Gasteiger partial charge in [0, 0.05) is 6.07 Å². The third-order valence-corrected chi connectivity index (χ3v) is 2.36. The van der Waals surface area contributed by atoms with Crippen molar-refractivity contribution in [1.82, 2.24) is 0 Å². The Morgan fingerprint density at radius 3 is 2.47 bits per heavy atom. The lowest BCUT2D eigenvalue weighted by atomic mass is 10.2. The highest BCUT2D eigenvalue weighted by atomic mass is 19.1. The molecular formula is C13H7FN2O3. The Balaban J connectivity index is 2.46. The maximum absolute atomic E-state index is 13.7. The molecule has 94 valence electrons. The molecule has 0 heterocycles. The van der Waals surface area contributed by atoms with Gasteiger partial charge in [0.15, 0.2) is 0 Å². The summed E-state index contributed by atoms with van der Waals surface area (Å²) in [5.41, 5.74) is -1.24. The molecule has 0 aliphatic rings. The molecule has 0 aliphatic carbocycles. The highest BCUT2D eigenvalue weighted by molar-refractivity contribution is 5.53. The molecule has 5 nitrogen and oxygen atoms in total. The van der Waals surface area contributed by atoms with Crippen LogP contribution in [0.5, 0.6) is 11.5 Å². The average molecular weight is 258 g/mol. The molecule has 2 aromatic rings. The van der Waals surface area contributed by atoms with Gasteiger partial charge in [-0.15, -0.1) is 0 Å². The third kappa shape index (κ3) is 2.50. The Hall–Kier alpha value is -2.94. The van der Waals surface area contributed by atoms with E-state index in [2.05, 4.69) is 0 Å². The van der Waals surface area contributed by atoms with Gasteiger partial charge in [0.25, 0.3) is 0 Å². The zero-order valence-corrected chi connectivity index (χ0v) is 9.54. The summed E-state index contributed by atoms with van der Waals surface area (Å²) in [4.78, 5) is 9.69. The van der Waals surface area contributed by atoms with Gasteiger partial charge in [0.05, 0.1) is 4.92 Å². The minimum Gasteiger partial charge on any atom is -0.456 e. The van der Waals surface area contributed by atoms with E-state index in [1.807, 2.05) is 0 Å². The first kappa shape index (κ1) is 12.5. The van der Waals surface area contributed by atoms with Gasteiger partial charge in [-0.3, -0.25) is 10.1 Å². The predicted octanol–water partition coefficient (Wildman–Crippen LogP) is 3.40. The molecule has 0 amide bonds. The van der Waals surface area contributed by atoms with Crippen LogP contribution in [0.4, 0.5) is 10.1 Å². The molecule has 0 atom stereocenters. The van der Waals surface area contributed by atoms with E-state index < -0.39 is 22.0 Å². The van der Waals surface area contributed by atoms with Crippen LogP contribution in [0, 0.1) is 27.3 Å². The average Bonchev–Trinajstić information content (AvgIpc) is 2.40. The van der Waals surface area contributed by atoms with E-state index in [0.29, 0.717) is 5.75 Å². The zero-order valence-electron chi connectivity index (χ0n) is 9.54. The van der Waals surface area contributed by atoms with Gasteiger partial charge in [-0.1, -0.05) is 18.2 Å². The van der Waals surface area contributed by atoms with Gasteiger partial charge in [-0.05, 0) is 18.2 Å². The molecule has 0 radical (unpaired) electrons. The maximum Gasteiger partial charge on any atom is 0.306 e. The van der Waals surface area contributed by atoms with Crippen molar-refractivity contribution >= 4 is 5.69 Å². The molecule has 0 saturated heterocycles. The number of nitrogens with zero attached hydrogens (tertiary/aromatic N) is 2. The smallest absolute Gasteiger partial charge is 0.306 e. The molecule has 0 bridgehead atoms. The Morgan fingerprint density at radius 1 is 1.21 bits per heavy atom. The highest BCUT2D eigenvalue weighted by Crippen LogP contribution is 2.31. The van der Waals surface area contributed by atoms with Crippen molar-refractivity contribution in [1.29, 1.82) is 5.26 Å². The molecule has 0 unspecified atom stereocenters. The van der Waals surface area contributed by atoms with Gasteiger partial charge in [-0.2, -0.15) is 9.65 Å². The predicted molar refractivity (Wildman–Crippen MR) is 64.3 cm³/mol. The summed E-state index contributed by atoms with van der Waals surface area (Å²) in [5, 5.41) is 19.5. The Labute approximate surface area is 107 Å². The molecular weight excluding hydrogens is 251 g/mol. The Morgan fingerprint density at radius 2 is 1.89 bits per heavy atom. The van der Waals surface area contributed by atoms with Crippen LogP contribution in [0.2, 0.25) is 0 Å². The number of halogens is 1. The number of benzene rings is 2. The molecule has 6 heteroatoms. The second-order valence-electron chi connectivity index (χ2n) is 3.56. The number of hydrogen-bond acceptors (Lipinski definition) is 4. The van der Waals surface area contributed by atoms with Crippen molar-refractivity contribution in [2.75, 3.05) is 0 Å². The summed E-state index contributed by atoms with van der Waals surface area (Å²) < 4.78 is 19.1. The summed E-state index contributed by atoms with van der Waals surface area (Å²) in [5.74, 6) is -0.843. The molecule has 0 aromatic heterocycles. The lowest BCUT2D eigenvalue weighted by Gasteiger charge is -2.07. The van der Waals surface area contributed by atoms with Crippen molar-refractivity contribution in [3.8, 4) is 17.6 Å². The van der Waals surface area contributed by atoms with Crippen LogP contribution in [-0.2, 0) is 0 Å². The van der Waals surface area contributed by atoms with E-state index >= 15 is 0 Å². The summed E-state index contributed by atoms with van der Waals surface area (Å²) in [6.07, 6.45) is 0. The third-order valence-electron chi connectivity index (χ3n) is 2.36. The van der Waals surface area contributed by atoms with Crippen molar-refractivity contribution in [3.63, 3.8) is 0 Å². The molecule has 2 aromatic carbocycles. The van der Waals surface area contributed by atoms with E-state index in [4.69, 9.17) is 10.00 Å². The first-order chi connectivity index (χ1) is 9.13. The van der Waals surface area contributed by atoms with Crippen molar-refractivity contribution in [3.05, 3.63) is 64.0 Å². The number of nitriles is 1. The first-order valence-electron chi connectivity index (χ1n) is 5.23. The second-order valence-corrected chi connectivity index (χ2v) is 3.56. The fraction of sp³-hybridized carbons (Fsp3) is 0. The fourth-order valence-corrected chi connectivity index (χ4v) is 1.49. The quantitative estimate of drug-likeness (QED) is 0.624. The number of rotatable bonds is 3. The van der Waals surface area contributed by atoms with Gasteiger partial charge in [0.2, 0.25) is 5.82 Å². The zero-order chi connectivity index (χ0) is 13.8. The minimum atomic E-state index is -1.19. The monoisotopic (exact) mass is 258 g/mol. The van der Waals surface area contributed by atoms with Gasteiger partial charge >= 0.3 is 5.69 Å². The molecule has 2 rings (SSSR count). The largest absolute Gasteiger partial charge is 0.456 e. The summed E-state index contributed by atoms with van der Waals surface area (Å²) in [6.45, 7) is 0. The van der Waals surface area contributed by atoms with Crippen molar-refractivity contribution in [2.45, 2.75) is 0 Å². The van der Waals surface area contributed by atoms with Crippen LogP contribution in [0.3, 0.4) is 0 Å². The summed E-state index contributed by atoms with van der Waals surface area (Å²) in [6, 6.07) is 12.2. The number of ether oxygens (including phenoxy) is 1. The van der Waals surface area contributed by atoms with Gasteiger partial charge in [-0.25, -0.2) is 0 Å². The van der Waals surface area contributed by atoms with Crippen LogP contribution >= 0.6 is 0 Å². The van der Waals surface area contributed by atoms with Crippen LogP contribution < -0.4 is 4.74 Å². The molecule has 19 heavy (non-hydrogen) atoms. The van der Waals surface area contributed by atoms with Gasteiger partial charge in [0.1, 0.15) is 23.1 Å². The van der Waals surface area contributed by atoms with Gasteiger partial charge < -0.3 is 4.74 Å². The molecule has 0 saturated carbocycles. The normalized spacial score (nSPS) is 9.68. The van der Waals surface area contributed by atoms with E-state index in [1.54, 1.807) is 36.4 Å². The number of nitro benzene ring substituents is 1. The van der Waals surface area contributed by atoms with E-state index in [1.165, 1.54) is 6.07 Å². The maximum atomic E-state index is 13.7. The highest BCUT2D eigenvalue weighted by Gasteiger charge is 2.22. The van der Waals surface area contributed by atoms with E-state index in [9.17, 15) is 14.5 Å². The fourth-order valence-electron chi connectivity index (χ4n) is 1.49. The summed E-state index contributed by atoms with van der Waals surface area (Å²) >= 11 is 0. The Kier molecular flexibility index (Phi) is 3.39. The van der Waals surface area contributed by atoms with Crippen molar-refractivity contribution in [2.24, 2.45) is 0 Å². The van der Waals surface area contributed by atoms with Crippen LogP contribution in [0.15, 0.2) is 42.5 Å². The van der Waals surface area contributed by atoms with E-state index in [-0.39, 0.29) is 5.75 Å². The second kappa shape index (κ2) is 5.14. The Bertz CT molecular complexity index is 666.